The number of carbonyl (C=O) groups is 1. The molecule has 1 aliphatic rings. The van der Waals surface area contributed by atoms with Crippen molar-refractivity contribution in [3.63, 3.8) is 0 Å². The largest absolute Gasteiger partial charge is 0.402 e. The second-order valence-electron chi connectivity index (χ2n) is 8.53. The highest BCUT2D eigenvalue weighted by Crippen LogP contribution is 2.28. The molecule has 0 unspecified atom stereocenters. The predicted molar refractivity (Wildman–Crippen MR) is 146 cm³/mol. The van der Waals surface area contributed by atoms with Gasteiger partial charge in [0.1, 0.15) is 5.69 Å². The zero-order chi connectivity index (χ0) is 26.7. The molecule has 3 aromatic carbocycles. The number of esters is 1. The van der Waals surface area contributed by atoms with Crippen molar-refractivity contribution in [2.24, 2.45) is 4.99 Å². The van der Waals surface area contributed by atoms with E-state index in [4.69, 9.17) is 9.84 Å². The third kappa shape index (κ3) is 4.93. The molecule has 5 rings (SSSR count). The highest BCUT2D eigenvalue weighted by atomic mass is 32.2. The van der Waals surface area contributed by atoms with Crippen molar-refractivity contribution in [1.29, 1.82) is 0 Å². The molecule has 0 saturated heterocycles. The van der Waals surface area contributed by atoms with Gasteiger partial charge in [0.25, 0.3) is 0 Å². The Morgan fingerprint density at radius 3 is 2.13 bits per heavy atom. The SMILES string of the molecule is CCN(CC)S(=O)(=O)c1ccc(C2=NC(=Cc3cn(-c4ccccc4)nc3-c3ccccc3)C(=O)O2)cc1. The first-order valence-corrected chi connectivity index (χ1v) is 13.7. The van der Waals surface area contributed by atoms with E-state index in [1.54, 1.807) is 36.7 Å². The molecule has 192 valence electrons. The van der Waals surface area contributed by atoms with E-state index in [-0.39, 0.29) is 16.5 Å². The van der Waals surface area contributed by atoms with Crippen LogP contribution in [0.15, 0.2) is 107 Å². The van der Waals surface area contributed by atoms with Crippen LogP contribution in [0.4, 0.5) is 0 Å². The number of hydrogen-bond acceptors (Lipinski definition) is 6. The number of carbonyl (C=O) groups excluding carboxylic acids is 1. The molecular formula is C29H26N4O4S. The second-order valence-corrected chi connectivity index (χ2v) is 10.5. The summed E-state index contributed by atoms with van der Waals surface area (Å²) in [5, 5.41) is 4.77. The molecule has 8 nitrogen and oxygen atoms in total. The lowest BCUT2D eigenvalue weighted by Gasteiger charge is -2.18. The van der Waals surface area contributed by atoms with Crippen LogP contribution in [-0.4, -0.2) is 47.5 Å². The van der Waals surface area contributed by atoms with Gasteiger partial charge in [-0.15, -0.1) is 0 Å². The predicted octanol–water partition coefficient (Wildman–Crippen LogP) is 4.91. The number of cyclic esters (lactones) is 1. The van der Waals surface area contributed by atoms with Gasteiger partial charge in [-0.3, -0.25) is 0 Å². The minimum atomic E-state index is -3.59. The molecule has 0 aliphatic carbocycles. The summed E-state index contributed by atoms with van der Waals surface area (Å²) in [6, 6.07) is 25.6. The molecule has 0 amide bonds. The Kier molecular flexibility index (Phi) is 7.04. The number of benzene rings is 3. The Balaban J connectivity index is 1.50. The van der Waals surface area contributed by atoms with Gasteiger partial charge in [0.2, 0.25) is 15.9 Å². The maximum Gasteiger partial charge on any atom is 0.363 e. The van der Waals surface area contributed by atoms with Gasteiger partial charge in [0, 0.05) is 36.0 Å². The third-order valence-corrected chi connectivity index (χ3v) is 8.23. The normalized spacial score (nSPS) is 14.7. The summed E-state index contributed by atoms with van der Waals surface area (Å²) in [5.74, 6) is -0.476. The van der Waals surface area contributed by atoms with Crippen LogP contribution in [0.1, 0.15) is 25.0 Å². The summed E-state index contributed by atoms with van der Waals surface area (Å²) in [7, 11) is -3.59. The second kappa shape index (κ2) is 10.6. The number of rotatable bonds is 8. The molecule has 0 fully saturated rings. The van der Waals surface area contributed by atoms with Crippen LogP contribution in [0.3, 0.4) is 0 Å². The first kappa shape index (κ1) is 25.3. The molecule has 9 heteroatoms. The monoisotopic (exact) mass is 526 g/mol. The summed E-state index contributed by atoms with van der Waals surface area (Å²) in [6.07, 6.45) is 3.50. The number of sulfonamides is 1. The summed E-state index contributed by atoms with van der Waals surface area (Å²) in [5.41, 5.74) is 3.82. The lowest BCUT2D eigenvalue weighted by molar-refractivity contribution is -0.129. The Labute approximate surface area is 221 Å². The van der Waals surface area contributed by atoms with Crippen LogP contribution in [0.5, 0.6) is 0 Å². The topological polar surface area (TPSA) is 93.9 Å². The van der Waals surface area contributed by atoms with Crippen LogP contribution in [-0.2, 0) is 19.6 Å². The maximum atomic E-state index is 12.8. The fourth-order valence-electron chi connectivity index (χ4n) is 4.19. The van der Waals surface area contributed by atoms with E-state index in [1.807, 2.05) is 66.9 Å². The molecule has 2 heterocycles. The molecule has 0 atom stereocenters. The first-order chi connectivity index (χ1) is 18.4. The van der Waals surface area contributed by atoms with Crippen LogP contribution < -0.4 is 0 Å². The fraction of sp³-hybridized carbons (Fsp3) is 0.138. The zero-order valence-corrected chi connectivity index (χ0v) is 21.8. The number of ether oxygens (including phenoxy) is 1. The van der Waals surface area contributed by atoms with Gasteiger partial charge < -0.3 is 4.74 Å². The van der Waals surface area contributed by atoms with Crippen LogP contribution >= 0.6 is 0 Å². The summed E-state index contributed by atoms with van der Waals surface area (Å²) in [4.78, 5) is 17.3. The third-order valence-electron chi connectivity index (χ3n) is 6.17. The fourth-order valence-corrected chi connectivity index (χ4v) is 5.65. The Morgan fingerprint density at radius 1 is 0.868 bits per heavy atom. The van der Waals surface area contributed by atoms with Crippen molar-refractivity contribution in [2.75, 3.05) is 13.1 Å². The minimum Gasteiger partial charge on any atom is -0.402 e. The smallest absolute Gasteiger partial charge is 0.363 e. The van der Waals surface area contributed by atoms with Gasteiger partial charge in [-0.2, -0.15) is 9.40 Å². The van der Waals surface area contributed by atoms with E-state index in [1.165, 1.54) is 16.4 Å². The van der Waals surface area contributed by atoms with E-state index in [0.717, 1.165) is 11.3 Å². The van der Waals surface area contributed by atoms with Gasteiger partial charge in [0.15, 0.2) is 5.70 Å². The van der Waals surface area contributed by atoms with Crippen molar-refractivity contribution in [1.82, 2.24) is 14.1 Å². The van der Waals surface area contributed by atoms with Crippen molar-refractivity contribution in [2.45, 2.75) is 18.7 Å². The molecule has 1 aromatic heterocycles. The maximum absolute atomic E-state index is 12.8. The molecule has 38 heavy (non-hydrogen) atoms. The first-order valence-electron chi connectivity index (χ1n) is 12.2. The molecule has 0 spiro atoms. The number of para-hydroxylation sites is 1. The highest BCUT2D eigenvalue weighted by molar-refractivity contribution is 7.89. The lowest BCUT2D eigenvalue weighted by Crippen LogP contribution is -2.30. The molecule has 1 aliphatic heterocycles. The van der Waals surface area contributed by atoms with Gasteiger partial charge in [-0.05, 0) is 42.5 Å². The van der Waals surface area contributed by atoms with E-state index in [0.29, 0.717) is 29.9 Å². The lowest BCUT2D eigenvalue weighted by atomic mass is 10.1. The average Bonchev–Trinajstić information content (AvgIpc) is 3.54. The van der Waals surface area contributed by atoms with E-state index >= 15 is 0 Å². The molecular weight excluding hydrogens is 500 g/mol. The van der Waals surface area contributed by atoms with Crippen molar-refractivity contribution in [3.05, 3.63) is 108 Å². The van der Waals surface area contributed by atoms with E-state index in [9.17, 15) is 13.2 Å². The minimum absolute atomic E-state index is 0.116. The summed E-state index contributed by atoms with van der Waals surface area (Å²) >= 11 is 0. The van der Waals surface area contributed by atoms with Crippen LogP contribution in [0.25, 0.3) is 23.0 Å². The van der Waals surface area contributed by atoms with Crippen LogP contribution in [0.2, 0.25) is 0 Å². The van der Waals surface area contributed by atoms with Gasteiger partial charge in [0.05, 0.1) is 10.6 Å². The Morgan fingerprint density at radius 2 is 1.50 bits per heavy atom. The van der Waals surface area contributed by atoms with Crippen LogP contribution in [0, 0.1) is 0 Å². The number of hydrogen-bond donors (Lipinski definition) is 0. The van der Waals surface area contributed by atoms with E-state index < -0.39 is 16.0 Å². The summed E-state index contributed by atoms with van der Waals surface area (Å²) < 4.78 is 34.1. The van der Waals surface area contributed by atoms with Crippen molar-refractivity contribution >= 4 is 28.0 Å². The Hall–Kier alpha value is -4.34. The number of nitrogens with zero attached hydrogens (tertiary/aromatic N) is 4. The average molecular weight is 527 g/mol. The molecule has 0 N–H and O–H groups in total. The highest BCUT2D eigenvalue weighted by Gasteiger charge is 2.27. The molecule has 0 radical (unpaired) electrons. The van der Waals surface area contributed by atoms with Gasteiger partial charge in [-0.1, -0.05) is 62.4 Å². The Bertz CT molecular complexity index is 1620. The molecule has 0 saturated carbocycles. The standard InChI is InChI=1S/C29H26N4O4S/c1-3-32(4-2)38(35,36)25-17-15-22(16-18-25)28-30-26(29(34)37-28)19-23-20-33(24-13-9-6-10-14-24)31-27(23)21-11-7-5-8-12-21/h5-20H,3-4H2,1-2H3. The van der Waals surface area contributed by atoms with E-state index in [2.05, 4.69) is 4.99 Å². The zero-order valence-electron chi connectivity index (χ0n) is 21.0. The molecule has 0 bridgehead atoms. The van der Waals surface area contributed by atoms with Crippen molar-refractivity contribution in [3.8, 4) is 16.9 Å². The van der Waals surface area contributed by atoms with Gasteiger partial charge >= 0.3 is 5.97 Å². The van der Waals surface area contributed by atoms with Crippen molar-refractivity contribution < 1.29 is 17.9 Å². The number of aliphatic imine (C=N–C) groups is 1. The molecule has 4 aromatic rings. The number of aromatic nitrogens is 2. The quantitative estimate of drug-likeness (QED) is 0.240. The van der Waals surface area contributed by atoms with Gasteiger partial charge in [-0.25, -0.2) is 22.9 Å². The summed E-state index contributed by atoms with van der Waals surface area (Å²) in [6.45, 7) is 4.35.